The molecule has 3 aliphatic rings. The van der Waals surface area contributed by atoms with E-state index in [0.29, 0.717) is 24.7 Å². The van der Waals surface area contributed by atoms with Gasteiger partial charge in [0.1, 0.15) is 11.6 Å². The molecule has 0 saturated carbocycles. The van der Waals surface area contributed by atoms with E-state index in [1.54, 1.807) is 0 Å². The number of ether oxygens (including phenoxy) is 2. The topological polar surface area (TPSA) is 56.3 Å². The minimum atomic E-state index is 0.340. The van der Waals surface area contributed by atoms with Gasteiger partial charge in [-0.05, 0) is 25.7 Å². The molecule has 1 N–H and O–H groups in total. The molecule has 3 atom stereocenters. The molecule has 0 amide bonds. The Balaban J connectivity index is 1.67. The van der Waals surface area contributed by atoms with Gasteiger partial charge in [0.05, 0.1) is 31.1 Å². The van der Waals surface area contributed by atoms with E-state index in [1.165, 1.54) is 12.1 Å². The Kier molecular flexibility index (Phi) is 3.55. The number of nitrogens with zero attached hydrogens (tertiary/aromatic N) is 2. The molecule has 114 valence electrons. The smallest absolute Gasteiger partial charge is 0.136 e. The summed E-state index contributed by atoms with van der Waals surface area (Å²) in [5.41, 5.74) is 2.33. The highest BCUT2D eigenvalue weighted by molar-refractivity contribution is 5.47. The Morgan fingerprint density at radius 2 is 2.24 bits per heavy atom. The first kappa shape index (κ1) is 13.5. The molecule has 0 aliphatic carbocycles. The summed E-state index contributed by atoms with van der Waals surface area (Å²) < 4.78 is 11.6. The molecule has 1 aromatic heterocycles. The van der Waals surface area contributed by atoms with Gasteiger partial charge in [-0.2, -0.15) is 0 Å². The van der Waals surface area contributed by atoms with Crippen LogP contribution in [0, 0.1) is 0 Å². The summed E-state index contributed by atoms with van der Waals surface area (Å²) >= 11 is 0. The van der Waals surface area contributed by atoms with E-state index in [2.05, 4.69) is 12.2 Å². The maximum atomic E-state index is 5.98. The van der Waals surface area contributed by atoms with Gasteiger partial charge in [0.25, 0.3) is 0 Å². The third kappa shape index (κ3) is 2.42. The lowest BCUT2D eigenvalue weighted by atomic mass is 9.88. The molecular weight excluding hydrogens is 266 g/mol. The summed E-state index contributed by atoms with van der Waals surface area (Å²) in [5, 5.41) is 3.46. The largest absolute Gasteiger partial charge is 0.376 e. The number of hydrogen-bond donors (Lipinski definition) is 1. The van der Waals surface area contributed by atoms with Gasteiger partial charge < -0.3 is 14.8 Å². The average Bonchev–Trinajstić information content (AvgIpc) is 3.15. The van der Waals surface area contributed by atoms with Crippen molar-refractivity contribution in [3.63, 3.8) is 0 Å². The third-order valence-corrected chi connectivity index (χ3v) is 4.82. The van der Waals surface area contributed by atoms with Crippen LogP contribution < -0.4 is 5.32 Å². The van der Waals surface area contributed by atoms with Crippen molar-refractivity contribution in [3.8, 4) is 0 Å². The van der Waals surface area contributed by atoms with Gasteiger partial charge in [-0.25, -0.2) is 9.97 Å². The maximum Gasteiger partial charge on any atom is 0.136 e. The zero-order chi connectivity index (χ0) is 14.2. The van der Waals surface area contributed by atoms with Gasteiger partial charge in [-0.3, -0.25) is 0 Å². The molecule has 0 spiro atoms. The number of fused-ring (bicyclic) bond motifs is 3. The van der Waals surface area contributed by atoms with Crippen LogP contribution in [0.5, 0.6) is 0 Å². The van der Waals surface area contributed by atoms with E-state index in [4.69, 9.17) is 19.4 Å². The van der Waals surface area contributed by atoms with E-state index in [0.717, 1.165) is 56.0 Å². The molecule has 2 bridgehead atoms. The van der Waals surface area contributed by atoms with Gasteiger partial charge in [-0.15, -0.1) is 0 Å². The molecular formula is C16H23N3O2. The van der Waals surface area contributed by atoms with Gasteiger partial charge in [0, 0.05) is 24.4 Å². The minimum Gasteiger partial charge on any atom is -0.376 e. The lowest BCUT2D eigenvalue weighted by molar-refractivity contribution is 0.0993. The summed E-state index contributed by atoms with van der Waals surface area (Å²) in [6.45, 7) is 4.51. The molecule has 4 rings (SSSR count). The quantitative estimate of drug-likeness (QED) is 0.922. The zero-order valence-corrected chi connectivity index (χ0v) is 12.6. The lowest BCUT2D eigenvalue weighted by Crippen LogP contribution is -2.22. The molecule has 4 heterocycles. The number of hydrogen-bond acceptors (Lipinski definition) is 5. The van der Waals surface area contributed by atoms with Crippen LogP contribution >= 0.6 is 0 Å². The fourth-order valence-electron chi connectivity index (χ4n) is 3.72. The van der Waals surface area contributed by atoms with Crippen LogP contribution in [-0.2, 0) is 22.5 Å². The second-order valence-corrected chi connectivity index (χ2v) is 6.30. The molecule has 3 aliphatic heterocycles. The third-order valence-electron chi connectivity index (χ3n) is 4.82. The van der Waals surface area contributed by atoms with Crippen LogP contribution in [0.15, 0.2) is 0 Å². The van der Waals surface area contributed by atoms with E-state index >= 15 is 0 Å². The van der Waals surface area contributed by atoms with Crippen LogP contribution in [0.25, 0.3) is 0 Å². The van der Waals surface area contributed by atoms with Crippen molar-refractivity contribution in [2.24, 2.45) is 0 Å². The van der Waals surface area contributed by atoms with Gasteiger partial charge in [0.15, 0.2) is 0 Å². The molecule has 2 fully saturated rings. The lowest BCUT2D eigenvalue weighted by Gasteiger charge is -2.23. The monoisotopic (exact) mass is 289 g/mol. The van der Waals surface area contributed by atoms with Gasteiger partial charge in [0.2, 0.25) is 0 Å². The van der Waals surface area contributed by atoms with Crippen LogP contribution in [0.4, 0.5) is 5.82 Å². The summed E-state index contributed by atoms with van der Waals surface area (Å²) in [6.07, 6.45) is 6.23. The van der Waals surface area contributed by atoms with Crippen LogP contribution in [0.3, 0.4) is 0 Å². The fourth-order valence-corrected chi connectivity index (χ4v) is 3.72. The van der Waals surface area contributed by atoms with Crippen molar-refractivity contribution < 1.29 is 9.47 Å². The Labute approximate surface area is 125 Å². The van der Waals surface area contributed by atoms with Crippen molar-refractivity contribution in [1.82, 2.24) is 9.97 Å². The predicted octanol–water partition coefficient (Wildman–Crippen LogP) is 2.41. The highest BCUT2D eigenvalue weighted by Gasteiger charge is 2.43. The molecule has 2 saturated heterocycles. The number of rotatable bonds is 4. The summed E-state index contributed by atoms with van der Waals surface area (Å²) in [4.78, 5) is 9.71. The highest BCUT2D eigenvalue weighted by Crippen LogP contribution is 2.44. The molecule has 21 heavy (non-hydrogen) atoms. The molecule has 3 unspecified atom stereocenters. The standard InChI is InChI=1S/C16H23N3O2/c1-2-6-17-15-12-9-20-7-5-13(12)18-16(19-15)11-8-10-3-4-14(11)21-10/h10-11,14H,2-9H2,1H3,(H,17,18,19). The van der Waals surface area contributed by atoms with Gasteiger partial charge in [-0.1, -0.05) is 6.92 Å². The van der Waals surface area contributed by atoms with Crippen molar-refractivity contribution in [2.45, 2.75) is 63.8 Å². The van der Waals surface area contributed by atoms with Crippen molar-refractivity contribution in [2.75, 3.05) is 18.5 Å². The SMILES string of the molecule is CCCNc1nc(C2CC3CCC2O3)nc2c1COCC2. The Morgan fingerprint density at radius 1 is 1.29 bits per heavy atom. The summed E-state index contributed by atoms with van der Waals surface area (Å²) in [5.74, 6) is 2.36. The van der Waals surface area contributed by atoms with Crippen molar-refractivity contribution >= 4 is 5.82 Å². The highest BCUT2D eigenvalue weighted by atomic mass is 16.5. The first-order valence-electron chi connectivity index (χ1n) is 8.22. The van der Waals surface area contributed by atoms with E-state index in [-0.39, 0.29) is 0 Å². The molecule has 5 heteroatoms. The number of nitrogens with one attached hydrogen (secondary N) is 1. The first-order chi connectivity index (χ1) is 10.3. The van der Waals surface area contributed by atoms with E-state index in [9.17, 15) is 0 Å². The normalized spacial score (nSPS) is 30.4. The number of anilines is 1. The first-order valence-corrected chi connectivity index (χ1v) is 8.22. The molecule has 0 radical (unpaired) electrons. The Bertz CT molecular complexity index is 534. The van der Waals surface area contributed by atoms with E-state index in [1.807, 2.05) is 0 Å². The average molecular weight is 289 g/mol. The zero-order valence-electron chi connectivity index (χ0n) is 12.6. The summed E-state index contributed by atoms with van der Waals surface area (Å²) in [6, 6.07) is 0. The van der Waals surface area contributed by atoms with Crippen LogP contribution in [-0.4, -0.2) is 35.3 Å². The van der Waals surface area contributed by atoms with Gasteiger partial charge >= 0.3 is 0 Å². The molecule has 5 nitrogen and oxygen atoms in total. The van der Waals surface area contributed by atoms with Crippen LogP contribution in [0.2, 0.25) is 0 Å². The molecule has 0 aromatic carbocycles. The second-order valence-electron chi connectivity index (χ2n) is 6.30. The summed E-state index contributed by atoms with van der Waals surface area (Å²) in [7, 11) is 0. The maximum absolute atomic E-state index is 5.98. The number of aromatic nitrogens is 2. The van der Waals surface area contributed by atoms with Crippen molar-refractivity contribution in [1.29, 1.82) is 0 Å². The minimum absolute atomic E-state index is 0.340. The van der Waals surface area contributed by atoms with Crippen LogP contribution in [0.1, 0.15) is 55.6 Å². The Hall–Kier alpha value is -1.20. The fraction of sp³-hybridized carbons (Fsp3) is 0.750. The van der Waals surface area contributed by atoms with E-state index < -0.39 is 0 Å². The predicted molar refractivity (Wildman–Crippen MR) is 79.4 cm³/mol. The Morgan fingerprint density at radius 3 is 3.00 bits per heavy atom. The molecule has 1 aromatic rings. The van der Waals surface area contributed by atoms with Crippen molar-refractivity contribution in [3.05, 3.63) is 17.1 Å². The second kappa shape index (κ2) is 5.54.